The van der Waals surface area contributed by atoms with E-state index in [0.717, 1.165) is 49.9 Å². The molecule has 7 heteroatoms. The highest BCUT2D eigenvalue weighted by Gasteiger charge is 2.21. The van der Waals surface area contributed by atoms with E-state index < -0.39 is 0 Å². The van der Waals surface area contributed by atoms with Gasteiger partial charge in [-0.15, -0.1) is 24.8 Å². The van der Waals surface area contributed by atoms with Crippen molar-refractivity contribution in [2.45, 2.75) is 12.8 Å². The van der Waals surface area contributed by atoms with E-state index in [1.54, 1.807) is 0 Å². The number of carbonyl (C=O) groups excluding carboxylic acids is 1. The number of piperazine rings is 1. The Morgan fingerprint density at radius 3 is 2.41 bits per heavy atom. The highest BCUT2D eigenvalue weighted by atomic mass is 35.5. The summed E-state index contributed by atoms with van der Waals surface area (Å²) in [5, 5.41) is 3.85. The van der Waals surface area contributed by atoms with Crippen LogP contribution >= 0.6 is 36.4 Å². The molecule has 1 aliphatic heterocycles. The van der Waals surface area contributed by atoms with E-state index in [0.29, 0.717) is 6.42 Å². The summed E-state index contributed by atoms with van der Waals surface area (Å²) in [5.41, 5.74) is 1.07. The molecule has 1 aromatic rings. The minimum absolute atomic E-state index is 0. The Kier molecular flexibility index (Phi) is 10.6. The summed E-state index contributed by atoms with van der Waals surface area (Å²) in [7, 11) is 1.91. The van der Waals surface area contributed by atoms with Crippen LogP contribution in [0.3, 0.4) is 0 Å². The molecule has 0 spiro atoms. The molecular weight excluding hydrogens is 345 g/mol. The van der Waals surface area contributed by atoms with Gasteiger partial charge >= 0.3 is 0 Å². The van der Waals surface area contributed by atoms with Gasteiger partial charge in [0.25, 0.3) is 0 Å². The van der Waals surface area contributed by atoms with Crippen molar-refractivity contribution in [3.05, 3.63) is 29.3 Å². The predicted octanol–water partition coefficient (Wildman–Crippen LogP) is 2.83. The second-order valence-corrected chi connectivity index (χ2v) is 5.43. The molecule has 1 N–H and O–H groups in total. The molecule has 1 aromatic carbocycles. The highest BCUT2D eigenvalue weighted by Crippen LogP contribution is 2.26. The van der Waals surface area contributed by atoms with Gasteiger partial charge in [0.1, 0.15) is 0 Å². The van der Waals surface area contributed by atoms with Gasteiger partial charge in [-0.05, 0) is 32.1 Å². The third-order valence-corrected chi connectivity index (χ3v) is 3.96. The molecule has 1 saturated heterocycles. The van der Waals surface area contributed by atoms with Gasteiger partial charge in [-0.25, -0.2) is 0 Å². The Morgan fingerprint density at radius 1 is 1.18 bits per heavy atom. The molecule has 126 valence electrons. The predicted molar refractivity (Wildman–Crippen MR) is 97.9 cm³/mol. The van der Waals surface area contributed by atoms with E-state index in [-0.39, 0.29) is 30.7 Å². The molecule has 0 atom stereocenters. The maximum Gasteiger partial charge on any atom is 0.222 e. The molecule has 0 radical (unpaired) electrons. The third kappa shape index (κ3) is 5.84. The van der Waals surface area contributed by atoms with E-state index in [4.69, 9.17) is 11.6 Å². The second-order valence-electron chi connectivity index (χ2n) is 5.03. The zero-order valence-electron chi connectivity index (χ0n) is 12.8. The lowest BCUT2D eigenvalue weighted by Crippen LogP contribution is -2.48. The first-order chi connectivity index (χ1) is 9.72. The van der Waals surface area contributed by atoms with Gasteiger partial charge in [-0.2, -0.15) is 0 Å². The Bertz CT molecular complexity index is 451. The number of hydrogen-bond acceptors (Lipinski definition) is 3. The van der Waals surface area contributed by atoms with E-state index >= 15 is 0 Å². The van der Waals surface area contributed by atoms with Crippen molar-refractivity contribution in [2.24, 2.45) is 0 Å². The number of nitrogens with one attached hydrogen (secondary N) is 1. The fourth-order valence-corrected chi connectivity index (χ4v) is 2.73. The van der Waals surface area contributed by atoms with Crippen LogP contribution in [0, 0.1) is 0 Å². The Labute approximate surface area is 150 Å². The van der Waals surface area contributed by atoms with Gasteiger partial charge in [0, 0.05) is 32.6 Å². The van der Waals surface area contributed by atoms with Crippen LogP contribution in [0.5, 0.6) is 0 Å². The van der Waals surface area contributed by atoms with Crippen molar-refractivity contribution in [1.82, 2.24) is 10.2 Å². The lowest BCUT2D eigenvalue weighted by molar-refractivity contribution is -0.131. The lowest BCUT2D eigenvalue weighted by atomic mass is 10.2. The number of para-hydroxylation sites is 1. The monoisotopic (exact) mass is 367 g/mol. The molecule has 1 heterocycles. The van der Waals surface area contributed by atoms with Crippen LogP contribution in [0.2, 0.25) is 5.02 Å². The van der Waals surface area contributed by atoms with Crippen LogP contribution in [0.1, 0.15) is 12.8 Å². The summed E-state index contributed by atoms with van der Waals surface area (Å²) in [6.07, 6.45) is 1.53. The number of nitrogens with zero attached hydrogens (tertiary/aromatic N) is 2. The summed E-state index contributed by atoms with van der Waals surface area (Å²) in [4.78, 5) is 16.2. The van der Waals surface area contributed by atoms with Crippen LogP contribution in [0.4, 0.5) is 5.69 Å². The van der Waals surface area contributed by atoms with E-state index in [1.165, 1.54) is 0 Å². The first-order valence-electron chi connectivity index (χ1n) is 7.14. The van der Waals surface area contributed by atoms with Crippen LogP contribution in [0.15, 0.2) is 24.3 Å². The van der Waals surface area contributed by atoms with Crippen LogP contribution < -0.4 is 10.2 Å². The normalized spacial score (nSPS) is 14.1. The van der Waals surface area contributed by atoms with Crippen molar-refractivity contribution in [3.63, 3.8) is 0 Å². The number of amides is 1. The average molecular weight is 369 g/mol. The Hall–Kier alpha value is -0.680. The van der Waals surface area contributed by atoms with Gasteiger partial charge in [-0.3, -0.25) is 4.79 Å². The number of anilines is 1. The number of rotatable bonds is 5. The van der Waals surface area contributed by atoms with Gasteiger partial charge in [-0.1, -0.05) is 23.7 Å². The molecule has 1 aliphatic rings. The summed E-state index contributed by atoms with van der Waals surface area (Å²) in [5.74, 6) is 0.263. The number of benzene rings is 1. The first-order valence-corrected chi connectivity index (χ1v) is 7.52. The molecule has 0 aliphatic carbocycles. The molecule has 0 unspecified atom stereocenters. The van der Waals surface area contributed by atoms with Crippen molar-refractivity contribution in [1.29, 1.82) is 0 Å². The Balaban J connectivity index is 0.00000220. The van der Waals surface area contributed by atoms with Crippen molar-refractivity contribution >= 4 is 48.0 Å². The Morgan fingerprint density at radius 2 is 1.82 bits per heavy atom. The molecular formula is C15H24Cl3N3O. The zero-order valence-corrected chi connectivity index (χ0v) is 15.1. The summed E-state index contributed by atoms with van der Waals surface area (Å²) < 4.78 is 0. The minimum atomic E-state index is 0. The molecule has 1 fully saturated rings. The van der Waals surface area contributed by atoms with Gasteiger partial charge < -0.3 is 15.1 Å². The van der Waals surface area contributed by atoms with E-state index in [9.17, 15) is 4.79 Å². The zero-order chi connectivity index (χ0) is 14.4. The maximum absolute atomic E-state index is 12.0. The number of carbonyl (C=O) groups is 1. The second kappa shape index (κ2) is 10.9. The summed E-state index contributed by atoms with van der Waals surface area (Å²) in [6, 6.07) is 7.88. The number of hydrogen-bond donors (Lipinski definition) is 1. The van der Waals surface area contributed by atoms with Crippen LogP contribution in [0.25, 0.3) is 0 Å². The smallest absolute Gasteiger partial charge is 0.222 e. The topological polar surface area (TPSA) is 35.6 Å². The maximum atomic E-state index is 12.0. The molecule has 22 heavy (non-hydrogen) atoms. The van der Waals surface area contributed by atoms with Gasteiger partial charge in [0.15, 0.2) is 0 Å². The summed E-state index contributed by atoms with van der Waals surface area (Å²) >= 11 is 6.21. The largest absolute Gasteiger partial charge is 0.367 e. The van der Waals surface area contributed by atoms with Crippen molar-refractivity contribution in [2.75, 3.05) is 44.7 Å². The fraction of sp³-hybridized carbons (Fsp3) is 0.533. The molecule has 0 saturated carbocycles. The quantitative estimate of drug-likeness (QED) is 0.812. The SMILES string of the molecule is CNCCCC(=O)N1CCN(c2ccccc2Cl)CC1.Cl.Cl. The fourth-order valence-electron chi connectivity index (χ4n) is 2.48. The van der Waals surface area contributed by atoms with E-state index in [2.05, 4.69) is 10.2 Å². The average Bonchev–Trinajstić information content (AvgIpc) is 2.48. The summed E-state index contributed by atoms with van der Waals surface area (Å²) in [6.45, 7) is 4.15. The number of halogens is 3. The van der Waals surface area contributed by atoms with Gasteiger partial charge in [0.05, 0.1) is 10.7 Å². The van der Waals surface area contributed by atoms with Crippen molar-refractivity contribution < 1.29 is 4.79 Å². The molecule has 0 aromatic heterocycles. The molecule has 0 bridgehead atoms. The standard InChI is InChI=1S/C15H22ClN3O.2ClH/c1-17-8-4-7-15(20)19-11-9-18(10-12-19)14-6-3-2-5-13(14)16;;/h2-3,5-6,17H,4,7-12H2,1H3;2*1H. The molecule has 1 amide bonds. The highest BCUT2D eigenvalue weighted by molar-refractivity contribution is 6.33. The molecule has 2 rings (SSSR count). The van der Waals surface area contributed by atoms with Crippen LogP contribution in [-0.2, 0) is 4.79 Å². The van der Waals surface area contributed by atoms with Crippen molar-refractivity contribution in [3.8, 4) is 0 Å². The minimum Gasteiger partial charge on any atom is -0.367 e. The first kappa shape index (κ1) is 21.3. The molecule has 4 nitrogen and oxygen atoms in total. The van der Waals surface area contributed by atoms with Gasteiger partial charge in [0.2, 0.25) is 5.91 Å². The van der Waals surface area contributed by atoms with Crippen LogP contribution in [-0.4, -0.2) is 50.6 Å². The lowest BCUT2D eigenvalue weighted by Gasteiger charge is -2.36. The van der Waals surface area contributed by atoms with E-state index in [1.807, 2.05) is 36.2 Å². The third-order valence-electron chi connectivity index (χ3n) is 3.64.